The van der Waals surface area contributed by atoms with Crippen molar-refractivity contribution in [3.05, 3.63) is 36.0 Å². The van der Waals surface area contributed by atoms with Crippen LogP contribution in [-0.2, 0) is 4.79 Å². The van der Waals surface area contributed by atoms with Gasteiger partial charge in [0.25, 0.3) is 0 Å². The molecule has 1 fully saturated rings. The number of methoxy groups -OCH3 is 1. The number of aromatic nitrogens is 1. The molecule has 2 aliphatic rings. The first-order valence-electron chi connectivity index (χ1n) is 7.80. The molecular weight excluding hydrogens is 280 g/mol. The summed E-state index contributed by atoms with van der Waals surface area (Å²) >= 11 is 0. The first-order valence-corrected chi connectivity index (χ1v) is 7.80. The van der Waals surface area contributed by atoms with Crippen molar-refractivity contribution in [3.63, 3.8) is 0 Å². The Morgan fingerprint density at radius 1 is 1.36 bits per heavy atom. The maximum Gasteiger partial charge on any atom is 0.224 e. The van der Waals surface area contributed by atoms with Gasteiger partial charge in [-0.05, 0) is 37.2 Å². The minimum absolute atomic E-state index is 0.0405. The predicted molar refractivity (Wildman–Crippen MR) is 82.3 cm³/mol. The van der Waals surface area contributed by atoms with Gasteiger partial charge in [0.05, 0.1) is 19.3 Å². The molecule has 0 spiro atoms. The van der Waals surface area contributed by atoms with Crippen LogP contribution in [0.2, 0.25) is 0 Å². The smallest absolute Gasteiger partial charge is 0.224 e. The molecule has 1 atom stereocenters. The summed E-state index contributed by atoms with van der Waals surface area (Å²) < 4.78 is 5.08. The third-order valence-electron chi connectivity index (χ3n) is 4.62. The van der Waals surface area contributed by atoms with Crippen molar-refractivity contribution < 1.29 is 14.6 Å². The zero-order valence-corrected chi connectivity index (χ0v) is 12.7. The van der Waals surface area contributed by atoms with E-state index in [0.717, 1.165) is 31.2 Å². The van der Waals surface area contributed by atoms with E-state index in [4.69, 9.17) is 4.74 Å². The van der Waals surface area contributed by atoms with Gasteiger partial charge in [0, 0.05) is 18.2 Å². The number of nitrogens with zero attached hydrogens (tertiary/aromatic N) is 1. The zero-order chi connectivity index (χ0) is 15.5. The fraction of sp³-hybridized carbons (Fsp3) is 0.529. The fourth-order valence-electron chi connectivity index (χ4n) is 3.17. The van der Waals surface area contributed by atoms with Gasteiger partial charge in [-0.2, -0.15) is 0 Å². The van der Waals surface area contributed by atoms with Crippen molar-refractivity contribution in [2.75, 3.05) is 7.11 Å². The van der Waals surface area contributed by atoms with Crippen molar-refractivity contribution in [1.82, 2.24) is 10.3 Å². The van der Waals surface area contributed by atoms with Crippen LogP contribution < -0.4 is 10.1 Å². The Labute approximate surface area is 130 Å². The van der Waals surface area contributed by atoms with Gasteiger partial charge in [0.2, 0.25) is 11.8 Å². The summed E-state index contributed by atoms with van der Waals surface area (Å²) in [5.41, 5.74) is 0.969. The molecule has 0 aromatic carbocycles. The molecule has 2 N–H and O–H groups in total. The lowest BCUT2D eigenvalue weighted by molar-refractivity contribution is -0.126. The highest BCUT2D eigenvalue weighted by atomic mass is 16.5. The van der Waals surface area contributed by atoms with Crippen LogP contribution in [0.4, 0.5) is 0 Å². The lowest BCUT2D eigenvalue weighted by Gasteiger charge is -2.38. The van der Waals surface area contributed by atoms with E-state index in [0.29, 0.717) is 5.88 Å². The molecule has 2 aliphatic carbocycles. The summed E-state index contributed by atoms with van der Waals surface area (Å²) in [5.74, 6) is 0.955. The van der Waals surface area contributed by atoms with Crippen LogP contribution in [0.3, 0.4) is 0 Å². The van der Waals surface area contributed by atoms with Gasteiger partial charge in [-0.15, -0.1) is 0 Å². The summed E-state index contributed by atoms with van der Waals surface area (Å²) in [7, 11) is 1.58. The molecule has 118 valence electrons. The fourth-order valence-corrected chi connectivity index (χ4v) is 3.17. The van der Waals surface area contributed by atoms with Crippen LogP contribution in [0.15, 0.2) is 30.5 Å². The van der Waals surface area contributed by atoms with E-state index in [9.17, 15) is 9.90 Å². The molecule has 1 aromatic heterocycles. The predicted octanol–water partition coefficient (Wildman–Crippen LogP) is 1.98. The number of hydrogen-bond donors (Lipinski definition) is 2. The Morgan fingerprint density at radius 3 is 2.64 bits per heavy atom. The highest BCUT2D eigenvalue weighted by Crippen LogP contribution is 2.38. The maximum absolute atomic E-state index is 12.4. The molecule has 1 amide bonds. The number of rotatable bonds is 5. The lowest BCUT2D eigenvalue weighted by atomic mass is 9.75. The van der Waals surface area contributed by atoms with Crippen molar-refractivity contribution in [2.45, 2.75) is 37.8 Å². The molecule has 0 bridgehead atoms. The molecule has 5 heteroatoms. The Hall–Kier alpha value is -1.88. The van der Waals surface area contributed by atoms with Crippen LogP contribution in [-0.4, -0.2) is 29.2 Å². The highest BCUT2D eigenvalue weighted by Gasteiger charge is 2.36. The number of ether oxygens (including phenoxy) is 1. The van der Waals surface area contributed by atoms with E-state index in [1.807, 2.05) is 6.07 Å². The number of aliphatic hydroxyl groups is 1. The van der Waals surface area contributed by atoms with Gasteiger partial charge in [0.15, 0.2) is 0 Å². The van der Waals surface area contributed by atoms with Crippen molar-refractivity contribution in [3.8, 4) is 5.88 Å². The van der Waals surface area contributed by atoms with Gasteiger partial charge in [-0.3, -0.25) is 4.79 Å². The molecular formula is C17H22N2O3. The van der Waals surface area contributed by atoms with E-state index >= 15 is 0 Å². The van der Waals surface area contributed by atoms with Gasteiger partial charge in [-0.25, -0.2) is 4.98 Å². The second-order valence-corrected chi connectivity index (χ2v) is 6.15. The SMILES string of the molecule is COc1ccc(C(NC(=O)C2CC=CC2)C2CC(O)C2)cn1. The minimum Gasteiger partial charge on any atom is -0.481 e. The normalized spacial score (nSPS) is 25.5. The molecule has 1 unspecified atom stereocenters. The summed E-state index contributed by atoms with van der Waals surface area (Å²) in [4.78, 5) is 16.7. The molecule has 5 nitrogen and oxygen atoms in total. The second kappa shape index (κ2) is 6.48. The zero-order valence-electron chi connectivity index (χ0n) is 12.7. The monoisotopic (exact) mass is 302 g/mol. The number of carbonyl (C=O) groups excluding carboxylic acids is 1. The first-order chi connectivity index (χ1) is 10.7. The summed E-state index contributed by atoms with van der Waals surface area (Å²) in [5, 5.41) is 12.7. The van der Waals surface area contributed by atoms with E-state index in [1.165, 1.54) is 0 Å². The molecule has 22 heavy (non-hydrogen) atoms. The molecule has 3 rings (SSSR count). The Morgan fingerprint density at radius 2 is 2.09 bits per heavy atom. The van der Waals surface area contributed by atoms with Gasteiger partial charge in [-0.1, -0.05) is 18.2 Å². The number of nitrogens with one attached hydrogen (secondary N) is 1. The first kappa shape index (κ1) is 15.0. The Bertz CT molecular complexity index is 542. The van der Waals surface area contributed by atoms with Crippen LogP contribution in [0, 0.1) is 11.8 Å². The van der Waals surface area contributed by atoms with E-state index in [1.54, 1.807) is 19.4 Å². The number of carbonyl (C=O) groups is 1. The average Bonchev–Trinajstić information content (AvgIpc) is 3.04. The Kier molecular flexibility index (Phi) is 4.43. The third kappa shape index (κ3) is 3.14. The highest BCUT2D eigenvalue weighted by molar-refractivity contribution is 5.80. The third-order valence-corrected chi connectivity index (χ3v) is 4.62. The molecule has 1 saturated carbocycles. The van der Waals surface area contributed by atoms with Crippen molar-refractivity contribution >= 4 is 5.91 Å². The molecule has 0 radical (unpaired) electrons. The van der Waals surface area contributed by atoms with Gasteiger partial charge < -0.3 is 15.2 Å². The van der Waals surface area contributed by atoms with Crippen LogP contribution in [0.1, 0.15) is 37.3 Å². The number of allylic oxidation sites excluding steroid dienone is 2. The summed E-state index contributed by atoms with van der Waals surface area (Å²) in [6.07, 6.45) is 8.69. The summed E-state index contributed by atoms with van der Waals surface area (Å²) in [6, 6.07) is 3.66. The summed E-state index contributed by atoms with van der Waals surface area (Å²) in [6.45, 7) is 0. The maximum atomic E-state index is 12.4. The molecule has 0 aliphatic heterocycles. The van der Waals surface area contributed by atoms with E-state index < -0.39 is 0 Å². The largest absolute Gasteiger partial charge is 0.481 e. The molecule has 1 heterocycles. The van der Waals surface area contributed by atoms with Crippen molar-refractivity contribution in [2.24, 2.45) is 11.8 Å². The number of aliphatic hydroxyl groups excluding tert-OH is 1. The Balaban J connectivity index is 1.72. The van der Waals surface area contributed by atoms with Crippen molar-refractivity contribution in [1.29, 1.82) is 0 Å². The van der Waals surface area contributed by atoms with Gasteiger partial charge in [0.1, 0.15) is 0 Å². The minimum atomic E-state index is -0.247. The van der Waals surface area contributed by atoms with Crippen LogP contribution in [0.5, 0.6) is 5.88 Å². The van der Waals surface area contributed by atoms with E-state index in [2.05, 4.69) is 22.5 Å². The average molecular weight is 302 g/mol. The van der Waals surface area contributed by atoms with E-state index in [-0.39, 0.29) is 29.9 Å². The number of pyridine rings is 1. The van der Waals surface area contributed by atoms with Crippen LogP contribution in [0.25, 0.3) is 0 Å². The quantitative estimate of drug-likeness (QED) is 0.816. The number of hydrogen-bond acceptors (Lipinski definition) is 4. The van der Waals surface area contributed by atoms with Gasteiger partial charge >= 0.3 is 0 Å². The second-order valence-electron chi connectivity index (χ2n) is 6.15. The number of amides is 1. The van der Waals surface area contributed by atoms with Crippen LogP contribution >= 0.6 is 0 Å². The topological polar surface area (TPSA) is 71.5 Å². The lowest BCUT2D eigenvalue weighted by Crippen LogP contribution is -2.43. The molecule has 0 saturated heterocycles. The molecule has 1 aromatic rings. The standard InChI is InChI=1S/C17H22N2O3/c1-22-15-7-6-12(10-18-15)16(13-8-14(20)9-13)19-17(21)11-4-2-3-5-11/h2-3,6-7,10-11,13-14,16,20H,4-5,8-9H2,1H3,(H,19,21).